The highest BCUT2D eigenvalue weighted by atomic mass is 32.2. The molecule has 6 rings (SSSR count). The number of pyridine rings is 2. The largest absolute Gasteiger partial charge is 0.453 e. The molecule has 10 heteroatoms. The highest BCUT2D eigenvalue weighted by molar-refractivity contribution is 8.00. The van der Waals surface area contributed by atoms with Gasteiger partial charge in [-0.05, 0) is 49.2 Å². The number of ether oxygens (including phenoxy) is 1. The minimum Gasteiger partial charge on any atom is -0.453 e. The van der Waals surface area contributed by atoms with Gasteiger partial charge >= 0.3 is 0 Å². The van der Waals surface area contributed by atoms with Gasteiger partial charge in [0.05, 0.1) is 21.5 Å². The van der Waals surface area contributed by atoms with E-state index in [2.05, 4.69) is 20.6 Å². The van der Waals surface area contributed by atoms with Crippen molar-refractivity contribution in [1.29, 1.82) is 0 Å². The van der Waals surface area contributed by atoms with E-state index in [-0.39, 0.29) is 22.6 Å². The number of nitrogens with one attached hydrogen (secondary N) is 2. The van der Waals surface area contributed by atoms with Crippen LogP contribution in [-0.4, -0.2) is 28.1 Å². The van der Waals surface area contributed by atoms with Crippen molar-refractivity contribution in [2.24, 2.45) is 5.41 Å². The van der Waals surface area contributed by atoms with E-state index in [1.807, 2.05) is 12.1 Å². The molecule has 2 aromatic heterocycles. The minimum atomic E-state index is -1.17. The molecule has 2 N–H and O–H groups in total. The highest BCUT2D eigenvalue weighted by Gasteiger charge is 2.56. The number of anilines is 2. The summed E-state index contributed by atoms with van der Waals surface area (Å²) in [6, 6.07) is 18.3. The Kier molecular flexibility index (Phi) is 6.77. The maximum absolute atomic E-state index is 15.1. The third-order valence-electron chi connectivity index (χ3n) is 6.92. The third-order valence-corrected chi connectivity index (χ3v) is 8.28. The third kappa shape index (κ3) is 5.05. The lowest BCUT2D eigenvalue weighted by atomic mass is 10.0. The van der Waals surface area contributed by atoms with E-state index in [4.69, 9.17) is 4.74 Å². The Morgan fingerprint density at radius 2 is 1.73 bits per heavy atom. The molecule has 1 aliphatic carbocycles. The number of hydrogen-bond acceptors (Lipinski definition) is 7. The van der Waals surface area contributed by atoms with Crippen molar-refractivity contribution in [2.45, 2.75) is 29.4 Å². The average Bonchev–Trinajstić information content (AvgIpc) is 3.68. The number of rotatable bonds is 8. The summed E-state index contributed by atoms with van der Waals surface area (Å²) < 4.78 is 21.0. The monoisotopic (exact) mass is 554 g/mol. The van der Waals surface area contributed by atoms with Gasteiger partial charge in [0.2, 0.25) is 11.8 Å². The summed E-state index contributed by atoms with van der Waals surface area (Å²) in [6.07, 6.45) is 5.36. The summed E-state index contributed by atoms with van der Waals surface area (Å²) in [7, 11) is 0. The van der Waals surface area contributed by atoms with E-state index in [1.165, 1.54) is 36.2 Å². The quantitative estimate of drug-likeness (QED) is 0.204. The van der Waals surface area contributed by atoms with Gasteiger partial charge in [0.1, 0.15) is 11.2 Å². The van der Waals surface area contributed by atoms with Crippen molar-refractivity contribution in [2.75, 3.05) is 10.6 Å². The summed E-state index contributed by atoms with van der Waals surface area (Å²) in [4.78, 5) is 46.3. The van der Waals surface area contributed by atoms with Crippen LogP contribution < -0.4 is 15.4 Å². The summed E-state index contributed by atoms with van der Waals surface area (Å²) >= 11 is 1.52. The fraction of sp³-hybridized carbons (Fsp3) is 0.167. The van der Waals surface area contributed by atoms with E-state index in [0.29, 0.717) is 36.3 Å². The normalized spacial score (nSPS) is 16.5. The number of carbonyl (C=O) groups is 3. The first-order valence-electron chi connectivity index (χ1n) is 12.7. The predicted molar refractivity (Wildman–Crippen MR) is 148 cm³/mol. The van der Waals surface area contributed by atoms with E-state index >= 15 is 4.39 Å². The summed E-state index contributed by atoms with van der Waals surface area (Å²) in [5.41, 5.74) is 1.81. The lowest BCUT2D eigenvalue weighted by molar-refractivity contribution is -0.131. The molecule has 1 fully saturated rings. The van der Waals surface area contributed by atoms with Gasteiger partial charge in [0, 0.05) is 47.9 Å². The Balaban J connectivity index is 1.13. The lowest BCUT2D eigenvalue weighted by Crippen LogP contribution is -2.35. The van der Waals surface area contributed by atoms with Crippen molar-refractivity contribution >= 4 is 41.2 Å². The molecule has 2 amide bonds. The number of halogens is 1. The van der Waals surface area contributed by atoms with Crippen LogP contribution >= 0.6 is 11.8 Å². The molecule has 2 aliphatic rings. The number of benzene rings is 2. The fourth-order valence-corrected chi connectivity index (χ4v) is 5.79. The zero-order chi connectivity index (χ0) is 27.7. The molecule has 0 radical (unpaired) electrons. The van der Waals surface area contributed by atoms with Crippen LogP contribution in [0.25, 0.3) is 0 Å². The molecule has 1 aliphatic heterocycles. The van der Waals surface area contributed by atoms with Crippen molar-refractivity contribution in [3.63, 3.8) is 0 Å². The zero-order valence-corrected chi connectivity index (χ0v) is 21.9. The fourth-order valence-electron chi connectivity index (χ4n) is 4.51. The van der Waals surface area contributed by atoms with Crippen LogP contribution in [0.5, 0.6) is 11.5 Å². The number of thioether (sulfide) groups is 1. The smallest absolute Gasteiger partial charge is 0.240 e. The second-order valence-electron chi connectivity index (χ2n) is 9.63. The molecule has 3 heterocycles. The molecule has 2 aromatic carbocycles. The second-order valence-corrected chi connectivity index (χ2v) is 10.8. The summed E-state index contributed by atoms with van der Waals surface area (Å²) in [6.45, 7) is 0. The number of para-hydroxylation sites is 1. The molecule has 200 valence electrons. The van der Waals surface area contributed by atoms with Crippen LogP contribution in [0.2, 0.25) is 0 Å². The Bertz CT molecular complexity index is 1610. The van der Waals surface area contributed by atoms with Crippen LogP contribution in [0.3, 0.4) is 0 Å². The van der Waals surface area contributed by atoms with E-state index in [0.717, 1.165) is 22.6 Å². The van der Waals surface area contributed by atoms with Gasteiger partial charge in [-0.2, -0.15) is 0 Å². The first kappa shape index (κ1) is 25.7. The Morgan fingerprint density at radius 1 is 0.950 bits per heavy atom. The molecular weight excluding hydrogens is 531 g/mol. The molecule has 40 heavy (non-hydrogen) atoms. The zero-order valence-electron chi connectivity index (χ0n) is 21.1. The first-order chi connectivity index (χ1) is 19.4. The van der Waals surface area contributed by atoms with E-state index in [1.54, 1.807) is 42.6 Å². The summed E-state index contributed by atoms with van der Waals surface area (Å²) in [5.74, 6) is -1.06. The van der Waals surface area contributed by atoms with Crippen LogP contribution in [0, 0.1) is 11.2 Å². The van der Waals surface area contributed by atoms with Gasteiger partial charge < -0.3 is 15.4 Å². The average molecular weight is 555 g/mol. The molecule has 1 saturated carbocycles. The maximum atomic E-state index is 15.1. The van der Waals surface area contributed by atoms with Crippen LogP contribution in [0.1, 0.15) is 39.8 Å². The molecule has 1 unspecified atom stereocenters. The Labute approximate surface area is 233 Å². The topological polar surface area (TPSA) is 110 Å². The molecular formula is C30H23FN4O4S. The van der Waals surface area contributed by atoms with Crippen molar-refractivity contribution in [3.05, 3.63) is 102 Å². The van der Waals surface area contributed by atoms with Crippen molar-refractivity contribution in [3.8, 4) is 11.5 Å². The highest BCUT2D eigenvalue weighted by Crippen LogP contribution is 2.50. The molecule has 0 spiro atoms. The number of aromatic nitrogens is 2. The number of fused-ring (bicyclic) bond motifs is 1. The molecule has 1 atom stereocenters. The Morgan fingerprint density at radius 3 is 2.40 bits per heavy atom. The van der Waals surface area contributed by atoms with Gasteiger partial charge in [0.25, 0.3) is 0 Å². The predicted octanol–water partition coefficient (Wildman–Crippen LogP) is 5.97. The standard InChI is InChI=1S/C30H23FN4O4S/c31-21-14-20(35-29(38)30(11-12-30)28(37)34-19-4-2-1-3-5-19)7-9-24(21)39-25-10-13-32-23-15-26(40-27(23)25)22-8-6-18(17-36)16-33-22/h1-10,13-14,16-17,26H,11-12,15H2,(H,34,37)(H,35,38). The molecule has 0 bridgehead atoms. The van der Waals surface area contributed by atoms with Crippen LogP contribution in [-0.2, 0) is 16.0 Å². The van der Waals surface area contributed by atoms with Gasteiger partial charge in [-0.3, -0.25) is 24.4 Å². The van der Waals surface area contributed by atoms with E-state index < -0.39 is 17.1 Å². The van der Waals surface area contributed by atoms with Crippen molar-refractivity contribution < 1.29 is 23.5 Å². The number of nitrogens with zero attached hydrogens (tertiary/aromatic N) is 2. The lowest BCUT2D eigenvalue weighted by Gasteiger charge is -2.16. The van der Waals surface area contributed by atoms with Crippen LogP contribution in [0.15, 0.2) is 84.0 Å². The van der Waals surface area contributed by atoms with Gasteiger partial charge in [-0.25, -0.2) is 4.39 Å². The first-order valence-corrected chi connectivity index (χ1v) is 13.5. The van der Waals surface area contributed by atoms with Gasteiger partial charge in [0.15, 0.2) is 17.9 Å². The molecule has 4 aromatic rings. The number of carbonyl (C=O) groups excluding carboxylic acids is 3. The maximum Gasteiger partial charge on any atom is 0.240 e. The van der Waals surface area contributed by atoms with Gasteiger partial charge in [-0.15, -0.1) is 11.8 Å². The van der Waals surface area contributed by atoms with Crippen LogP contribution in [0.4, 0.5) is 15.8 Å². The van der Waals surface area contributed by atoms with Crippen molar-refractivity contribution in [1.82, 2.24) is 9.97 Å². The Hall–Kier alpha value is -4.57. The second kappa shape index (κ2) is 10.5. The summed E-state index contributed by atoms with van der Waals surface area (Å²) in [5, 5.41) is 5.45. The molecule has 8 nitrogen and oxygen atoms in total. The SMILES string of the molecule is O=Cc1ccc(C2Cc3nccc(Oc4ccc(NC(=O)C5(C(=O)Nc6ccccc6)CC5)cc4F)c3S2)nc1. The minimum absolute atomic E-state index is 0.00753. The number of hydrogen-bond donors (Lipinski definition) is 2. The number of aldehydes is 1. The number of amides is 2. The molecule has 0 saturated heterocycles. The van der Waals surface area contributed by atoms with Gasteiger partial charge in [-0.1, -0.05) is 18.2 Å². The van der Waals surface area contributed by atoms with E-state index in [9.17, 15) is 14.4 Å².